The molecule has 6 nitrogen and oxygen atoms in total. The van der Waals surface area contributed by atoms with Gasteiger partial charge in [0.25, 0.3) is 5.91 Å². The summed E-state index contributed by atoms with van der Waals surface area (Å²) >= 11 is 0. The summed E-state index contributed by atoms with van der Waals surface area (Å²) in [5.74, 6) is -0.354. The van der Waals surface area contributed by atoms with Crippen LogP contribution in [0.4, 0.5) is 20.2 Å². The standard InChI is InChI=1S/C29H31F2N3O3/c1-18-4-7-22(33-27(36)20-8-9-32-25(13-20)28(2,3)30)14-23(18)19-5-6-21-15-29(31,17-35)26-16-37-11-10-34(26)24(21)12-19/h4-9,12-14,26,35H,10-11,15-17H2,1-3H3,(H,33,36)/t26-,29-/m1/s1. The van der Waals surface area contributed by atoms with Gasteiger partial charge in [-0.3, -0.25) is 9.78 Å². The molecule has 0 radical (unpaired) electrons. The van der Waals surface area contributed by atoms with Crippen LogP contribution >= 0.6 is 0 Å². The van der Waals surface area contributed by atoms with Crippen LogP contribution in [0.15, 0.2) is 54.7 Å². The first-order chi connectivity index (χ1) is 17.6. The highest BCUT2D eigenvalue weighted by atomic mass is 19.1. The normalized spacial score (nSPS) is 21.2. The summed E-state index contributed by atoms with van der Waals surface area (Å²) in [7, 11) is 0. The molecular weight excluding hydrogens is 476 g/mol. The highest BCUT2D eigenvalue weighted by Gasteiger charge is 2.48. The molecule has 0 unspecified atom stereocenters. The highest BCUT2D eigenvalue weighted by Crippen LogP contribution is 2.42. The lowest BCUT2D eigenvalue weighted by Gasteiger charge is -2.48. The third-order valence-electron chi connectivity index (χ3n) is 7.31. The van der Waals surface area contributed by atoms with Crippen molar-refractivity contribution in [1.29, 1.82) is 0 Å². The summed E-state index contributed by atoms with van der Waals surface area (Å²) in [6.07, 6.45) is 1.56. The second-order valence-electron chi connectivity index (χ2n) is 10.4. The number of fused-ring (bicyclic) bond motifs is 3. The van der Waals surface area contributed by atoms with E-state index in [4.69, 9.17) is 4.74 Å². The summed E-state index contributed by atoms with van der Waals surface area (Å²) in [5, 5.41) is 12.7. The van der Waals surface area contributed by atoms with Gasteiger partial charge in [0.05, 0.1) is 31.6 Å². The molecule has 0 bridgehead atoms. The molecule has 3 heterocycles. The zero-order chi connectivity index (χ0) is 26.4. The first-order valence-electron chi connectivity index (χ1n) is 12.4. The van der Waals surface area contributed by atoms with Gasteiger partial charge in [0, 0.05) is 36.1 Å². The summed E-state index contributed by atoms with van der Waals surface area (Å²) < 4.78 is 35.4. The molecule has 8 heteroatoms. The lowest BCUT2D eigenvalue weighted by molar-refractivity contribution is -0.0173. The van der Waals surface area contributed by atoms with Crippen molar-refractivity contribution in [2.45, 2.75) is 44.6 Å². The van der Waals surface area contributed by atoms with Gasteiger partial charge >= 0.3 is 0 Å². The predicted octanol–water partition coefficient (Wildman–Crippen LogP) is 4.98. The van der Waals surface area contributed by atoms with Gasteiger partial charge in [-0.25, -0.2) is 8.78 Å². The fourth-order valence-electron chi connectivity index (χ4n) is 5.18. The van der Waals surface area contributed by atoms with E-state index in [0.717, 1.165) is 27.9 Å². The number of ether oxygens (including phenoxy) is 1. The van der Waals surface area contributed by atoms with Crippen molar-refractivity contribution in [1.82, 2.24) is 4.98 Å². The number of anilines is 2. The van der Waals surface area contributed by atoms with Crippen LogP contribution in [-0.2, 0) is 16.8 Å². The number of hydrogen-bond donors (Lipinski definition) is 2. The van der Waals surface area contributed by atoms with E-state index in [0.29, 0.717) is 24.4 Å². The lowest BCUT2D eigenvalue weighted by Crippen LogP contribution is -2.62. The Bertz CT molecular complexity index is 1340. The van der Waals surface area contributed by atoms with Crippen LogP contribution in [0.2, 0.25) is 0 Å². The highest BCUT2D eigenvalue weighted by molar-refractivity contribution is 6.04. The number of aromatic nitrogens is 1. The molecule has 2 N–H and O–H groups in total. The molecule has 0 saturated carbocycles. The van der Waals surface area contributed by atoms with Gasteiger partial charge in [-0.2, -0.15) is 0 Å². The van der Waals surface area contributed by atoms with Crippen molar-refractivity contribution in [3.63, 3.8) is 0 Å². The van der Waals surface area contributed by atoms with Gasteiger partial charge in [0.2, 0.25) is 0 Å². The third kappa shape index (κ3) is 4.83. The molecule has 2 aliphatic heterocycles. The van der Waals surface area contributed by atoms with Crippen LogP contribution in [-0.4, -0.2) is 54.1 Å². The average Bonchev–Trinajstić information content (AvgIpc) is 2.89. The number of carbonyl (C=O) groups is 1. The molecular formula is C29H31F2N3O3. The van der Waals surface area contributed by atoms with Crippen LogP contribution in [0.3, 0.4) is 0 Å². The first kappa shape index (κ1) is 25.3. The molecule has 1 saturated heterocycles. The zero-order valence-corrected chi connectivity index (χ0v) is 21.2. The Hall–Kier alpha value is -3.36. The van der Waals surface area contributed by atoms with Crippen molar-refractivity contribution in [3.8, 4) is 11.1 Å². The predicted molar refractivity (Wildman–Crippen MR) is 140 cm³/mol. The van der Waals surface area contributed by atoms with E-state index < -0.39 is 24.0 Å². The SMILES string of the molecule is Cc1ccc(NC(=O)c2ccnc(C(C)(C)F)c2)cc1-c1ccc2c(c1)N1CCOC[C@@H]1[C@](F)(CO)C2. The molecule has 0 spiro atoms. The van der Waals surface area contributed by atoms with Crippen LogP contribution in [0.25, 0.3) is 11.1 Å². The third-order valence-corrected chi connectivity index (χ3v) is 7.31. The van der Waals surface area contributed by atoms with E-state index in [1.54, 1.807) is 6.07 Å². The first-order valence-corrected chi connectivity index (χ1v) is 12.4. The van der Waals surface area contributed by atoms with E-state index in [1.807, 2.05) is 42.2 Å². The molecule has 2 atom stereocenters. The van der Waals surface area contributed by atoms with Gasteiger partial charge in [-0.05, 0) is 73.4 Å². The van der Waals surface area contributed by atoms with Crippen molar-refractivity contribution in [2.75, 3.05) is 36.6 Å². The lowest BCUT2D eigenvalue weighted by atomic mass is 9.82. The van der Waals surface area contributed by atoms with Gasteiger partial charge in [-0.15, -0.1) is 0 Å². The fourth-order valence-corrected chi connectivity index (χ4v) is 5.18. The number of aliphatic hydroxyl groups excluding tert-OH is 1. The second-order valence-corrected chi connectivity index (χ2v) is 10.4. The monoisotopic (exact) mass is 507 g/mol. The van der Waals surface area contributed by atoms with E-state index in [9.17, 15) is 14.3 Å². The maximum atomic E-state index is 15.6. The zero-order valence-electron chi connectivity index (χ0n) is 21.2. The van der Waals surface area contributed by atoms with Crippen LogP contribution < -0.4 is 10.2 Å². The minimum atomic E-state index is -1.75. The molecule has 3 aromatic rings. The number of benzene rings is 2. The molecule has 194 valence electrons. The van der Waals surface area contributed by atoms with E-state index in [-0.39, 0.29) is 24.6 Å². The smallest absolute Gasteiger partial charge is 0.255 e. The molecule has 2 aromatic carbocycles. The summed E-state index contributed by atoms with van der Waals surface area (Å²) in [6.45, 7) is 5.52. The number of halogens is 2. The van der Waals surface area contributed by atoms with Gasteiger partial charge in [0.1, 0.15) is 5.67 Å². The second kappa shape index (κ2) is 9.50. The van der Waals surface area contributed by atoms with Crippen molar-refractivity contribution in [3.05, 3.63) is 77.1 Å². The minimum Gasteiger partial charge on any atom is -0.393 e. The summed E-state index contributed by atoms with van der Waals surface area (Å²) in [6, 6.07) is 14.1. The number of hydrogen-bond acceptors (Lipinski definition) is 5. The number of nitrogens with zero attached hydrogens (tertiary/aromatic N) is 2. The van der Waals surface area contributed by atoms with Crippen molar-refractivity contribution < 1.29 is 23.4 Å². The van der Waals surface area contributed by atoms with Crippen LogP contribution in [0, 0.1) is 6.92 Å². The maximum absolute atomic E-state index is 15.6. The maximum Gasteiger partial charge on any atom is 0.255 e. The van der Waals surface area contributed by atoms with Crippen LogP contribution in [0.1, 0.15) is 41.0 Å². The van der Waals surface area contributed by atoms with E-state index in [2.05, 4.69) is 16.4 Å². The van der Waals surface area contributed by atoms with Crippen molar-refractivity contribution in [2.24, 2.45) is 0 Å². The number of amides is 1. The number of nitrogens with one attached hydrogen (secondary N) is 1. The Labute approximate surface area is 215 Å². The molecule has 0 aliphatic carbocycles. The number of aryl methyl sites for hydroxylation is 1. The number of rotatable bonds is 5. The number of alkyl halides is 2. The molecule has 5 rings (SSSR count). The number of carbonyl (C=O) groups excluding carboxylic acids is 1. The fraction of sp³-hybridized carbons (Fsp3) is 0.379. The summed E-state index contributed by atoms with van der Waals surface area (Å²) in [5.41, 5.74) is 2.41. The molecule has 1 amide bonds. The average molecular weight is 508 g/mol. The quantitative estimate of drug-likeness (QED) is 0.510. The topological polar surface area (TPSA) is 74.7 Å². The Kier molecular flexibility index (Phi) is 6.50. The molecule has 1 aromatic heterocycles. The Morgan fingerprint density at radius 3 is 2.81 bits per heavy atom. The van der Waals surface area contributed by atoms with Gasteiger partial charge in [-0.1, -0.05) is 18.2 Å². The number of aliphatic hydroxyl groups is 1. The van der Waals surface area contributed by atoms with E-state index in [1.165, 1.54) is 26.1 Å². The number of morpholine rings is 1. The van der Waals surface area contributed by atoms with Gasteiger partial charge in [0.15, 0.2) is 5.67 Å². The van der Waals surface area contributed by atoms with Gasteiger partial charge < -0.3 is 20.1 Å². The minimum absolute atomic E-state index is 0.127. The largest absolute Gasteiger partial charge is 0.393 e. The Balaban J connectivity index is 1.45. The molecule has 37 heavy (non-hydrogen) atoms. The molecule has 1 fully saturated rings. The van der Waals surface area contributed by atoms with E-state index >= 15 is 4.39 Å². The van der Waals surface area contributed by atoms with Crippen LogP contribution in [0.5, 0.6) is 0 Å². The number of pyridine rings is 1. The molecule has 2 aliphatic rings. The summed E-state index contributed by atoms with van der Waals surface area (Å²) in [4.78, 5) is 19.0. The Morgan fingerprint density at radius 1 is 1.24 bits per heavy atom. The van der Waals surface area contributed by atoms with Crippen molar-refractivity contribution >= 4 is 17.3 Å². The Morgan fingerprint density at radius 2 is 2.05 bits per heavy atom.